The van der Waals surface area contributed by atoms with Crippen LogP contribution in [0.25, 0.3) is 0 Å². The molecule has 1 aliphatic rings. The topological polar surface area (TPSA) is 57.2 Å². The van der Waals surface area contributed by atoms with Gasteiger partial charge in [-0.25, -0.2) is 4.98 Å². The molecular formula is C12H19N3O. The van der Waals surface area contributed by atoms with Gasteiger partial charge in [0, 0.05) is 12.6 Å². The molecule has 0 radical (unpaired) electrons. The normalized spacial score (nSPS) is 23.6. The fraction of sp³-hybridized carbons (Fsp3) is 0.583. The lowest BCUT2D eigenvalue weighted by atomic mass is 9.89. The van der Waals surface area contributed by atoms with Crippen molar-refractivity contribution in [2.45, 2.75) is 38.3 Å². The Bertz CT molecular complexity index is 337. The van der Waals surface area contributed by atoms with E-state index in [0.717, 1.165) is 37.4 Å². The third-order valence-corrected chi connectivity index (χ3v) is 2.77. The Morgan fingerprint density at radius 1 is 1.38 bits per heavy atom. The molecule has 0 unspecified atom stereocenters. The molecule has 4 heteroatoms. The summed E-state index contributed by atoms with van der Waals surface area (Å²) in [5.41, 5.74) is 0. The maximum absolute atomic E-state index is 9.19. The molecule has 2 rings (SSSR count). The first-order valence-corrected chi connectivity index (χ1v) is 5.93. The summed E-state index contributed by atoms with van der Waals surface area (Å²) < 4.78 is 0. The van der Waals surface area contributed by atoms with Gasteiger partial charge >= 0.3 is 0 Å². The zero-order valence-corrected chi connectivity index (χ0v) is 9.61. The molecular weight excluding hydrogens is 202 g/mol. The van der Waals surface area contributed by atoms with Crippen LogP contribution in [0.4, 0.5) is 11.6 Å². The van der Waals surface area contributed by atoms with Crippen molar-refractivity contribution in [1.29, 1.82) is 0 Å². The first-order chi connectivity index (χ1) is 7.78. The Balaban J connectivity index is 1.88. The second-order valence-electron chi connectivity index (χ2n) is 4.30. The van der Waals surface area contributed by atoms with E-state index in [4.69, 9.17) is 0 Å². The van der Waals surface area contributed by atoms with Gasteiger partial charge in [0.05, 0.1) is 6.10 Å². The Morgan fingerprint density at radius 2 is 2.12 bits per heavy atom. The summed E-state index contributed by atoms with van der Waals surface area (Å²) in [4.78, 5) is 4.45. The number of pyridine rings is 1. The van der Waals surface area contributed by atoms with Crippen LogP contribution in [-0.4, -0.2) is 28.8 Å². The van der Waals surface area contributed by atoms with E-state index in [1.807, 2.05) is 18.2 Å². The highest BCUT2D eigenvalue weighted by atomic mass is 16.3. The van der Waals surface area contributed by atoms with Crippen LogP contribution in [0.1, 0.15) is 26.2 Å². The largest absolute Gasteiger partial charge is 0.393 e. The quantitative estimate of drug-likeness (QED) is 0.710. The molecule has 0 aliphatic heterocycles. The van der Waals surface area contributed by atoms with E-state index in [0.29, 0.717) is 6.04 Å². The molecule has 16 heavy (non-hydrogen) atoms. The Morgan fingerprint density at radius 3 is 2.81 bits per heavy atom. The smallest absolute Gasteiger partial charge is 0.128 e. The van der Waals surface area contributed by atoms with Crippen molar-refractivity contribution in [1.82, 2.24) is 4.98 Å². The van der Waals surface area contributed by atoms with Gasteiger partial charge in [0.2, 0.25) is 0 Å². The zero-order valence-electron chi connectivity index (χ0n) is 9.61. The maximum Gasteiger partial charge on any atom is 0.128 e. The SMILES string of the molecule is CCCNc1cccc(NC2CC(O)C2)n1. The van der Waals surface area contributed by atoms with Gasteiger partial charge in [-0.3, -0.25) is 0 Å². The highest BCUT2D eigenvalue weighted by Crippen LogP contribution is 2.23. The van der Waals surface area contributed by atoms with E-state index in [1.54, 1.807) is 0 Å². The van der Waals surface area contributed by atoms with Crippen LogP contribution in [-0.2, 0) is 0 Å². The molecule has 1 saturated carbocycles. The lowest BCUT2D eigenvalue weighted by Crippen LogP contribution is -2.39. The molecule has 0 bridgehead atoms. The van der Waals surface area contributed by atoms with E-state index >= 15 is 0 Å². The molecule has 88 valence electrons. The molecule has 1 fully saturated rings. The molecule has 4 nitrogen and oxygen atoms in total. The average Bonchev–Trinajstić information content (AvgIpc) is 2.25. The van der Waals surface area contributed by atoms with Gasteiger partial charge in [-0.15, -0.1) is 0 Å². The predicted molar refractivity (Wildman–Crippen MR) is 65.7 cm³/mol. The van der Waals surface area contributed by atoms with Crippen LogP contribution in [0.2, 0.25) is 0 Å². The van der Waals surface area contributed by atoms with Crippen LogP contribution >= 0.6 is 0 Å². The summed E-state index contributed by atoms with van der Waals surface area (Å²) in [5.74, 6) is 1.80. The second kappa shape index (κ2) is 5.16. The number of hydrogen-bond donors (Lipinski definition) is 3. The van der Waals surface area contributed by atoms with Gasteiger partial charge < -0.3 is 15.7 Å². The van der Waals surface area contributed by atoms with Gasteiger partial charge in [-0.05, 0) is 31.4 Å². The van der Waals surface area contributed by atoms with Crippen LogP contribution in [0.3, 0.4) is 0 Å². The number of anilines is 2. The van der Waals surface area contributed by atoms with Crippen molar-refractivity contribution in [3.8, 4) is 0 Å². The fourth-order valence-corrected chi connectivity index (χ4v) is 1.78. The first kappa shape index (κ1) is 11.2. The van der Waals surface area contributed by atoms with Gasteiger partial charge in [-0.2, -0.15) is 0 Å². The summed E-state index contributed by atoms with van der Waals surface area (Å²) in [6, 6.07) is 6.30. The summed E-state index contributed by atoms with van der Waals surface area (Å²) in [7, 11) is 0. The van der Waals surface area contributed by atoms with E-state index in [2.05, 4.69) is 22.5 Å². The standard InChI is InChI=1S/C12H19N3O/c1-2-6-13-11-4-3-5-12(15-11)14-9-7-10(16)8-9/h3-5,9-10,16H,2,6-8H2,1H3,(H2,13,14,15). The summed E-state index contributed by atoms with van der Waals surface area (Å²) >= 11 is 0. The van der Waals surface area contributed by atoms with E-state index in [9.17, 15) is 5.11 Å². The van der Waals surface area contributed by atoms with E-state index in [1.165, 1.54) is 0 Å². The highest BCUT2D eigenvalue weighted by molar-refractivity contribution is 5.45. The Kier molecular flexibility index (Phi) is 3.62. The van der Waals surface area contributed by atoms with Gasteiger partial charge in [0.1, 0.15) is 11.6 Å². The minimum atomic E-state index is -0.126. The third-order valence-electron chi connectivity index (χ3n) is 2.77. The molecule has 3 N–H and O–H groups in total. The molecule has 0 aromatic carbocycles. The van der Waals surface area contributed by atoms with Crippen LogP contribution < -0.4 is 10.6 Å². The van der Waals surface area contributed by atoms with Crippen molar-refractivity contribution >= 4 is 11.6 Å². The van der Waals surface area contributed by atoms with Gasteiger partial charge in [0.25, 0.3) is 0 Å². The lowest BCUT2D eigenvalue weighted by molar-refractivity contribution is 0.0835. The number of aliphatic hydroxyl groups is 1. The summed E-state index contributed by atoms with van der Waals surface area (Å²) in [6.07, 6.45) is 2.62. The average molecular weight is 221 g/mol. The summed E-state index contributed by atoms with van der Waals surface area (Å²) in [5, 5.41) is 15.8. The maximum atomic E-state index is 9.19. The van der Waals surface area contributed by atoms with E-state index < -0.39 is 0 Å². The minimum absolute atomic E-state index is 0.126. The molecule has 1 aliphatic carbocycles. The Labute approximate surface area is 96.1 Å². The van der Waals surface area contributed by atoms with Crippen molar-refractivity contribution < 1.29 is 5.11 Å². The fourth-order valence-electron chi connectivity index (χ4n) is 1.78. The monoisotopic (exact) mass is 221 g/mol. The second-order valence-corrected chi connectivity index (χ2v) is 4.30. The van der Waals surface area contributed by atoms with Gasteiger partial charge in [0.15, 0.2) is 0 Å². The molecule has 1 aromatic rings. The van der Waals surface area contributed by atoms with Crippen molar-refractivity contribution in [2.24, 2.45) is 0 Å². The van der Waals surface area contributed by atoms with Crippen molar-refractivity contribution in [3.05, 3.63) is 18.2 Å². The van der Waals surface area contributed by atoms with E-state index in [-0.39, 0.29) is 6.10 Å². The van der Waals surface area contributed by atoms with Crippen molar-refractivity contribution in [3.63, 3.8) is 0 Å². The molecule has 0 saturated heterocycles. The number of nitrogens with zero attached hydrogens (tertiary/aromatic N) is 1. The third kappa shape index (κ3) is 2.85. The van der Waals surface area contributed by atoms with Gasteiger partial charge in [-0.1, -0.05) is 13.0 Å². The molecule has 1 aromatic heterocycles. The van der Waals surface area contributed by atoms with Crippen LogP contribution in [0.5, 0.6) is 0 Å². The zero-order chi connectivity index (χ0) is 11.4. The molecule has 1 heterocycles. The number of aliphatic hydroxyl groups excluding tert-OH is 1. The highest BCUT2D eigenvalue weighted by Gasteiger charge is 2.26. The van der Waals surface area contributed by atoms with Crippen LogP contribution in [0, 0.1) is 0 Å². The summed E-state index contributed by atoms with van der Waals surface area (Å²) in [6.45, 7) is 3.07. The number of nitrogens with one attached hydrogen (secondary N) is 2. The number of aromatic nitrogens is 1. The Hall–Kier alpha value is -1.29. The molecule has 0 amide bonds. The van der Waals surface area contributed by atoms with Crippen LogP contribution in [0.15, 0.2) is 18.2 Å². The number of hydrogen-bond acceptors (Lipinski definition) is 4. The first-order valence-electron chi connectivity index (χ1n) is 5.93. The predicted octanol–water partition coefficient (Wildman–Crippen LogP) is 1.84. The minimum Gasteiger partial charge on any atom is -0.393 e. The molecule has 0 spiro atoms. The van der Waals surface area contributed by atoms with Crippen molar-refractivity contribution in [2.75, 3.05) is 17.2 Å². The molecule has 0 atom stereocenters. The lowest BCUT2D eigenvalue weighted by Gasteiger charge is -2.32. The number of rotatable bonds is 5.